The largest absolute Gasteiger partial charge is 0.378 e. The lowest BCUT2D eigenvalue weighted by Gasteiger charge is -2.37. The van der Waals surface area contributed by atoms with Crippen LogP contribution in [-0.2, 0) is 0 Å². The lowest BCUT2D eigenvalue weighted by Crippen LogP contribution is -2.48. The number of nitrogens with one attached hydrogen (secondary N) is 2. The number of fused-ring (bicyclic) bond motifs is 1. The zero-order valence-electron chi connectivity index (χ0n) is 15.0. The van der Waals surface area contributed by atoms with Crippen LogP contribution in [0.2, 0.25) is 0 Å². The molecule has 142 valence electrons. The summed E-state index contributed by atoms with van der Waals surface area (Å²) in [4.78, 5) is 20.9. The van der Waals surface area contributed by atoms with E-state index in [9.17, 15) is 9.18 Å². The highest BCUT2D eigenvalue weighted by Gasteiger charge is 2.30. The molecule has 0 aliphatic carbocycles. The van der Waals surface area contributed by atoms with Crippen LogP contribution in [-0.4, -0.2) is 41.2 Å². The molecule has 4 rings (SSSR count). The van der Waals surface area contributed by atoms with Crippen molar-refractivity contribution < 1.29 is 9.18 Å². The van der Waals surface area contributed by atoms with E-state index < -0.39 is 18.1 Å². The number of hydrogen-bond acceptors (Lipinski definition) is 5. The number of carbonyl (C=O) groups excluding carboxylic acids is 1. The van der Waals surface area contributed by atoms with E-state index in [0.29, 0.717) is 35.2 Å². The van der Waals surface area contributed by atoms with Gasteiger partial charge in [0.2, 0.25) is 0 Å². The van der Waals surface area contributed by atoms with Gasteiger partial charge in [-0.2, -0.15) is 5.26 Å². The molecule has 3 heterocycles. The lowest BCUT2D eigenvalue weighted by atomic mass is 10.0. The Labute approximate surface area is 161 Å². The maximum absolute atomic E-state index is 15.0. The van der Waals surface area contributed by atoms with Crippen LogP contribution in [0.25, 0.3) is 11.0 Å². The molecule has 0 radical (unpaired) electrons. The molecule has 1 saturated heterocycles. The maximum atomic E-state index is 15.0. The average Bonchev–Trinajstić information content (AvgIpc) is 3.18. The molecule has 0 spiro atoms. The maximum Gasteiger partial charge on any atom is 0.252 e. The van der Waals surface area contributed by atoms with Gasteiger partial charge in [-0.05, 0) is 36.8 Å². The van der Waals surface area contributed by atoms with E-state index in [-0.39, 0.29) is 12.1 Å². The molecule has 4 N–H and O–H groups in total. The summed E-state index contributed by atoms with van der Waals surface area (Å²) in [6, 6.07) is 10.5. The second-order valence-electron chi connectivity index (χ2n) is 6.81. The highest BCUT2D eigenvalue weighted by molar-refractivity contribution is 6.06. The number of aromatic amines is 1. The summed E-state index contributed by atoms with van der Waals surface area (Å²) in [6.45, 7) is 0.869. The molecular formula is C20H19FN6O. The Morgan fingerprint density at radius 3 is 2.82 bits per heavy atom. The first-order chi connectivity index (χ1) is 13.6. The number of primary amides is 1. The van der Waals surface area contributed by atoms with Gasteiger partial charge in [-0.3, -0.25) is 4.79 Å². The highest BCUT2D eigenvalue weighted by Crippen LogP contribution is 2.29. The molecule has 8 heteroatoms. The molecule has 1 fully saturated rings. The van der Waals surface area contributed by atoms with Crippen molar-refractivity contribution in [3.05, 3.63) is 53.9 Å². The minimum absolute atomic E-state index is 0.219. The van der Waals surface area contributed by atoms with Gasteiger partial charge in [0.1, 0.15) is 11.8 Å². The smallest absolute Gasteiger partial charge is 0.252 e. The number of H-pyrrole nitrogens is 1. The Kier molecular flexibility index (Phi) is 4.57. The SMILES string of the molecule is N#Cc1ccc(N2CC[C@@H](Nc3c(C(N)=O)cnc4[nH]ccc34)[C@@H](F)C2)cc1. The third-order valence-electron chi connectivity index (χ3n) is 5.08. The average molecular weight is 378 g/mol. The number of amides is 1. The summed E-state index contributed by atoms with van der Waals surface area (Å²) < 4.78 is 15.0. The number of nitrogens with two attached hydrogens (primary N) is 1. The quantitative estimate of drug-likeness (QED) is 0.646. The lowest BCUT2D eigenvalue weighted by molar-refractivity contribution is 0.100. The van der Waals surface area contributed by atoms with Crippen molar-refractivity contribution in [1.82, 2.24) is 9.97 Å². The van der Waals surface area contributed by atoms with Crippen molar-refractivity contribution in [2.24, 2.45) is 5.73 Å². The summed E-state index contributed by atoms with van der Waals surface area (Å²) in [7, 11) is 0. The van der Waals surface area contributed by atoms with E-state index in [1.807, 2.05) is 17.0 Å². The first-order valence-electron chi connectivity index (χ1n) is 8.98. The Hall–Kier alpha value is -3.60. The van der Waals surface area contributed by atoms with E-state index in [1.54, 1.807) is 24.4 Å². The van der Waals surface area contributed by atoms with E-state index >= 15 is 0 Å². The molecule has 7 nitrogen and oxygen atoms in total. The normalized spacial score (nSPS) is 19.4. The van der Waals surface area contributed by atoms with Crippen LogP contribution in [0.5, 0.6) is 0 Å². The number of rotatable bonds is 4. The zero-order chi connectivity index (χ0) is 19.7. The zero-order valence-corrected chi connectivity index (χ0v) is 15.0. The van der Waals surface area contributed by atoms with Crippen LogP contribution in [0, 0.1) is 11.3 Å². The number of nitrogens with zero attached hydrogens (tertiary/aromatic N) is 3. The molecule has 1 aliphatic rings. The van der Waals surface area contributed by atoms with Crippen LogP contribution in [0.1, 0.15) is 22.3 Å². The fourth-order valence-electron chi connectivity index (χ4n) is 3.58. The van der Waals surface area contributed by atoms with Gasteiger partial charge in [0.05, 0.1) is 35.5 Å². The fraction of sp³-hybridized carbons (Fsp3) is 0.250. The summed E-state index contributed by atoms with van der Waals surface area (Å²) in [5, 5.41) is 12.8. The molecule has 3 aromatic rings. The molecule has 1 aromatic carbocycles. The monoisotopic (exact) mass is 378 g/mol. The highest BCUT2D eigenvalue weighted by atomic mass is 19.1. The number of alkyl halides is 1. The van der Waals surface area contributed by atoms with Crippen LogP contribution in [0.15, 0.2) is 42.7 Å². The first-order valence-corrected chi connectivity index (χ1v) is 8.98. The molecule has 2 atom stereocenters. The predicted octanol–water partition coefficient (Wildman–Crippen LogP) is 2.56. The molecule has 0 saturated carbocycles. The van der Waals surface area contributed by atoms with Crippen molar-refractivity contribution in [2.45, 2.75) is 18.6 Å². The van der Waals surface area contributed by atoms with Gasteiger partial charge < -0.3 is 20.9 Å². The van der Waals surface area contributed by atoms with Crippen molar-refractivity contribution in [3.8, 4) is 6.07 Å². The molecule has 2 aromatic heterocycles. The Morgan fingerprint density at radius 2 is 2.14 bits per heavy atom. The standard InChI is InChI=1S/C20H19FN6O/c21-16-11-27(13-3-1-12(9-22)2-4-13)8-6-17(16)26-18-14-5-7-24-20(14)25-10-15(18)19(23)28/h1-5,7,10,16-17H,6,8,11H2,(H2,23,28)(H2,24,25,26)/t16-,17+/m0/s1. The van der Waals surface area contributed by atoms with E-state index in [2.05, 4.69) is 21.4 Å². The summed E-state index contributed by atoms with van der Waals surface area (Å²) in [6.07, 6.45) is 2.52. The number of hydrogen-bond donors (Lipinski definition) is 3. The Bertz CT molecular complexity index is 1050. The van der Waals surface area contributed by atoms with Crippen LogP contribution in [0.3, 0.4) is 0 Å². The van der Waals surface area contributed by atoms with Gasteiger partial charge in [0.25, 0.3) is 5.91 Å². The van der Waals surface area contributed by atoms with Gasteiger partial charge in [0.15, 0.2) is 0 Å². The molecule has 1 amide bonds. The Morgan fingerprint density at radius 1 is 1.36 bits per heavy atom. The van der Waals surface area contributed by atoms with Gasteiger partial charge in [-0.15, -0.1) is 0 Å². The third-order valence-corrected chi connectivity index (χ3v) is 5.08. The van der Waals surface area contributed by atoms with Gasteiger partial charge in [-0.25, -0.2) is 9.37 Å². The van der Waals surface area contributed by atoms with E-state index in [0.717, 1.165) is 5.69 Å². The van der Waals surface area contributed by atoms with Crippen LogP contribution < -0.4 is 16.0 Å². The van der Waals surface area contributed by atoms with Gasteiger partial charge >= 0.3 is 0 Å². The topological polar surface area (TPSA) is 111 Å². The predicted molar refractivity (Wildman–Crippen MR) is 105 cm³/mol. The molecule has 28 heavy (non-hydrogen) atoms. The number of anilines is 2. The Balaban J connectivity index is 1.54. The molecular weight excluding hydrogens is 359 g/mol. The second kappa shape index (κ2) is 7.19. The third kappa shape index (κ3) is 3.22. The van der Waals surface area contributed by atoms with Crippen molar-refractivity contribution in [3.63, 3.8) is 0 Å². The number of aromatic nitrogens is 2. The van der Waals surface area contributed by atoms with Crippen molar-refractivity contribution in [1.29, 1.82) is 5.26 Å². The van der Waals surface area contributed by atoms with Crippen molar-refractivity contribution in [2.75, 3.05) is 23.3 Å². The fourth-order valence-corrected chi connectivity index (χ4v) is 3.58. The number of halogens is 1. The van der Waals surface area contributed by atoms with Crippen LogP contribution >= 0.6 is 0 Å². The molecule has 1 aliphatic heterocycles. The van der Waals surface area contributed by atoms with Crippen LogP contribution in [0.4, 0.5) is 15.8 Å². The minimum atomic E-state index is -1.15. The van der Waals surface area contributed by atoms with Gasteiger partial charge in [-0.1, -0.05) is 0 Å². The van der Waals surface area contributed by atoms with E-state index in [1.165, 1.54) is 6.20 Å². The number of benzene rings is 1. The number of pyridine rings is 1. The second-order valence-corrected chi connectivity index (χ2v) is 6.81. The van der Waals surface area contributed by atoms with Crippen molar-refractivity contribution >= 4 is 28.3 Å². The molecule has 0 unspecified atom stereocenters. The van der Waals surface area contributed by atoms with Gasteiger partial charge in [0, 0.05) is 30.0 Å². The number of nitriles is 1. The molecule has 0 bridgehead atoms. The summed E-state index contributed by atoms with van der Waals surface area (Å²) in [5.41, 5.74) is 8.31. The summed E-state index contributed by atoms with van der Waals surface area (Å²) in [5.74, 6) is -0.608. The first kappa shape index (κ1) is 17.8. The number of piperidine rings is 1. The number of carbonyl (C=O) groups is 1. The minimum Gasteiger partial charge on any atom is -0.378 e. The van der Waals surface area contributed by atoms with E-state index in [4.69, 9.17) is 11.0 Å². The summed E-state index contributed by atoms with van der Waals surface area (Å²) >= 11 is 0.